The van der Waals surface area contributed by atoms with Gasteiger partial charge in [0.05, 0.1) is 12.0 Å². The number of carbonyl (C=O) groups is 6. The highest BCUT2D eigenvalue weighted by Crippen LogP contribution is 2.47. The fourth-order valence-corrected chi connectivity index (χ4v) is 7.11. The van der Waals surface area contributed by atoms with E-state index < -0.39 is 83.9 Å². The van der Waals surface area contributed by atoms with E-state index in [9.17, 15) is 38.3 Å². The van der Waals surface area contributed by atoms with E-state index in [0.717, 1.165) is 20.8 Å². The summed E-state index contributed by atoms with van der Waals surface area (Å²) in [7, 11) is 0. The van der Waals surface area contributed by atoms with Crippen LogP contribution in [0.1, 0.15) is 76.3 Å². The Bertz CT molecular complexity index is 2080. The van der Waals surface area contributed by atoms with Gasteiger partial charge in [-0.05, 0) is 72.5 Å². The summed E-state index contributed by atoms with van der Waals surface area (Å²) in [6.45, 7) is 5.35. The number of aliphatic carboxylic acids is 1. The minimum atomic E-state index is -2.12. The largest absolute Gasteiger partial charge is 0.479 e. The van der Waals surface area contributed by atoms with Crippen molar-refractivity contribution in [1.29, 1.82) is 0 Å². The summed E-state index contributed by atoms with van der Waals surface area (Å²) in [6.07, 6.45) is -7.19. The van der Waals surface area contributed by atoms with Gasteiger partial charge in [0, 0.05) is 45.9 Å². The quantitative estimate of drug-likeness (QED) is 0.107. The Kier molecular flexibility index (Phi) is 13.5. The molecule has 2 saturated heterocycles. The monoisotopic (exact) mass is 803 g/mol. The minimum absolute atomic E-state index is 0.0897. The number of rotatable bonds is 13. The molecule has 2 fully saturated rings. The molecule has 2 N–H and O–H groups in total. The maximum Gasteiger partial charge on any atom is 0.337 e. The Balaban J connectivity index is 1.47. The van der Waals surface area contributed by atoms with Crippen LogP contribution in [0.4, 0.5) is 10.1 Å². The van der Waals surface area contributed by atoms with Crippen LogP contribution in [-0.4, -0.2) is 82.8 Å². The van der Waals surface area contributed by atoms with Gasteiger partial charge in [-0.1, -0.05) is 36.1 Å². The van der Waals surface area contributed by atoms with Crippen molar-refractivity contribution in [3.8, 4) is 17.6 Å². The molecule has 0 aromatic heterocycles. The van der Waals surface area contributed by atoms with Crippen molar-refractivity contribution in [3.63, 3.8) is 0 Å². The van der Waals surface area contributed by atoms with Crippen molar-refractivity contribution in [3.05, 3.63) is 95.3 Å². The lowest BCUT2D eigenvalue weighted by atomic mass is 9.78. The average Bonchev–Trinajstić information content (AvgIpc) is 3.15. The van der Waals surface area contributed by atoms with Crippen molar-refractivity contribution in [1.82, 2.24) is 0 Å². The summed E-state index contributed by atoms with van der Waals surface area (Å²) in [5.41, 5.74) is 2.38. The summed E-state index contributed by atoms with van der Waals surface area (Å²) >= 11 is 0. The van der Waals surface area contributed by atoms with Crippen LogP contribution in [0.25, 0.3) is 0 Å². The fraction of sp³-hybridized carbons (Fsp3) is 0.381. The van der Waals surface area contributed by atoms with Gasteiger partial charge in [-0.2, -0.15) is 0 Å². The zero-order chi connectivity index (χ0) is 42.3. The maximum atomic E-state index is 13.9. The van der Waals surface area contributed by atoms with Crippen molar-refractivity contribution in [2.75, 3.05) is 11.5 Å². The maximum absolute atomic E-state index is 13.9. The lowest BCUT2D eigenvalue weighted by Gasteiger charge is -2.48. The number of amides is 1. The molecule has 0 radical (unpaired) electrons. The molecule has 16 heteroatoms. The van der Waals surface area contributed by atoms with Gasteiger partial charge >= 0.3 is 29.8 Å². The Morgan fingerprint density at radius 2 is 1.45 bits per heavy atom. The molecule has 15 nitrogen and oxygen atoms in total. The molecule has 2 heterocycles. The molecule has 3 aromatic rings. The third-order valence-corrected chi connectivity index (χ3v) is 9.44. The number of hydrogen-bond donors (Lipinski definition) is 2. The molecule has 306 valence electrons. The second-order valence-electron chi connectivity index (χ2n) is 13.7. The second kappa shape index (κ2) is 18.3. The highest BCUT2D eigenvalue weighted by atomic mass is 19.1. The second-order valence-corrected chi connectivity index (χ2v) is 13.7. The predicted octanol–water partition coefficient (Wildman–Crippen LogP) is 4.33. The summed E-state index contributed by atoms with van der Waals surface area (Å²) in [6, 6.07) is 18.2. The number of esters is 4. The van der Waals surface area contributed by atoms with Crippen LogP contribution in [0.5, 0.6) is 5.75 Å². The number of ether oxygens (including phenoxy) is 6. The number of carboxylic acids is 1. The number of aliphatic hydroxyl groups is 1. The van der Waals surface area contributed by atoms with Crippen molar-refractivity contribution >= 4 is 41.4 Å². The van der Waals surface area contributed by atoms with E-state index in [1.807, 2.05) is 0 Å². The van der Waals surface area contributed by atoms with E-state index in [4.69, 9.17) is 33.5 Å². The van der Waals surface area contributed by atoms with Crippen LogP contribution in [0, 0.1) is 23.6 Å². The Morgan fingerprint density at radius 1 is 0.845 bits per heavy atom. The number of carbonyl (C=O) groups excluding carboxylic acids is 5. The first-order valence-electron chi connectivity index (χ1n) is 18.2. The lowest BCUT2D eigenvalue weighted by Crippen LogP contribution is -2.69. The number of β-lactam (4-membered cyclic amide) rings is 1. The van der Waals surface area contributed by atoms with E-state index in [0.29, 0.717) is 22.4 Å². The number of aliphatic hydroxyl groups excluding tert-OH is 1. The molecule has 0 spiro atoms. The molecule has 5 rings (SSSR count). The molecule has 2 aliphatic heterocycles. The minimum Gasteiger partial charge on any atom is -0.479 e. The molecule has 3 aromatic carbocycles. The van der Waals surface area contributed by atoms with E-state index in [1.165, 1.54) is 50.2 Å². The molecule has 0 aliphatic carbocycles. The molecule has 0 saturated carbocycles. The normalized spacial score (nSPS) is 24.2. The zero-order valence-corrected chi connectivity index (χ0v) is 32.2. The SMILES string of the molecule is CC(=O)O[C@H]1[C@H](OC(C)=O)[C@@H](OC(C)=O)[C@](C)(Oc2ccc([C@@H]3[C@@H](CC[C@H](OC(C)=O)c4ccc(F)cc4)C(=O)N3c3ccc(C#CCO)cc3)cc2)O[C@@H]1C(=O)O. The van der Waals surface area contributed by atoms with Crippen molar-refractivity contribution in [2.24, 2.45) is 5.92 Å². The van der Waals surface area contributed by atoms with Gasteiger partial charge < -0.3 is 43.5 Å². The van der Waals surface area contributed by atoms with Gasteiger partial charge in [-0.15, -0.1) is 0 Å². The van der Waals surface area contributed by atoms with E-state index in [-0.39, 0.29) is 31.1 Å². The van der Waals surface area contributed by atoms with Crippen molar-refractivity contribution < 1.29 is 71.8 Å². The van der Waals surface area contributed by atoms with Gasteiger partial charge in [0.2, 0.25) is 17.8 Å². The molecule has 0 bridgehead atoms. The lowest BCUT2D eigenvalue weighted by molar-refractivity contribution is -0.326. The first-order chi connectivity index (χ1) is 27.5. The van der Waals surface area contributed by atoms with E-state index >= 15 is 0 Å². The third-order valence-electron chi connectivity index (χ3n) is 9.44. The van der Waals surface area contributed by atoms with Gasteiger partial charge in [0.15, 0.2) is 18.3 Å². The van der Waals surface area contributed by atoms with Gasteiger partial charge in [0.1, 0.15) is 24.3 Å². The Labute approximate surface area is 332 Å². The summed E-state index contributed by atoms with van der Waals surface area (Å²) in [5, 5.41) is 19.2. The van der Waals surface area contributed by atoms with E-state index in [1.54, 1.807) is 41.3 Å². The van der Waals surface area contributed by atoms with E-state index in [2.05, 4.69) is 11.8 Å². The third kappa shape index (κ3) is 9.97. The predicted molar refractivity (Wildman–Crippen MR) is 199 cm³/mol. The van der Waals surface area contributed by atoms with Crippen molar-refractivity contribution in [2.45, 2.75) is 89.8 Å². The zero-order valence-electron chi connectivity index (χ0n) is 32.2. The van der Waals surface area contributed by atoms with Gasteiger partial charge in [-0.3, -0.25) is 24.0 Å². The fourth-order valence-electron chi connectivity index (χ4n) is 7.11. The first kappa shape index (κ1) is 42.8. The molecule has 2 aliphatic rings. The Hall–Kier alpha value is -6.31. The van der Waals surface area contributed by atoms with Gasteiger partial charge in [0.25, 0.3) is 0 Å². The number of anilines is 1. The highest BCUT2D eigenvalue weighted by Gasteiger charge is 2.61. The summed E-state index contributed by atoms with van der Waals surface area (Å²) in [4.78, 5) is 76.5. The van der Waals surface area contributed by atoms with Gasteiger partial charge in [-0.25, -0.2) is 9.18 Å². The summed E-state index contributed by atoms with van der Waals surface area (Å²) in [5.74, 6) is -2.72. The smallest absolute Gasteiger partial charge is 0.337 e. The molecular weight excluding hydrogens is 761 g/mol. The number of benzene rings is 3. The Morgan fingerprint density at radius 3 is 2.00 bits per heavy atom. The molecule has 58 heavy (non-hydrogen) atoms. The molecule has 1 amide bonds. The highest BCUT2D eigenvalue weighted by molar-refractivity contribution is 6.03. The average molecular weight is 804 g/mol. The first-order valence-corrected chi connectivity index (χ1v) is 18.2. The van der Waals surface area contributed by atoms with Crippen LogP contribution in [0.15, 0.2) is 72.8 Å². The number of carboxylic acid groups (broad SMARTS) is 1. The van der Waals surface area contributed by atoms with Crippen LogP contribution >= 0.6 is 0 Å². The van der Waals surface area contributed by atoms with Crippen LogP contribution in [-0.2, 0) is 52.5 Å². The summed E-state index contributed by atoms with van der Waals surface area (Å²) < 4.78 is 47.4. The topological polar surface area (TPSA) is 201 Å². The molecule has 8 atom stereocenters. The number of hydrogen-bond acceptors (Lipinski definition) is 13. The standard InChI is InChI=1S/C42H42FNO14/c1-23(46)53-34(28-10-14-30(43)15-11-28)21-20-33-35(44(40(33)50)31-16-8-27(9-17-31)7-6-22-45)29-12-18-32(19-13-29)57-42(5)39(56-26(4)49)37(55-25(3)48)36(54-24(2)47)38(58-42)41(51)52/h8-19,33-39,45H,20-22H2,1-5H3,(H,51,52)/t33-,34+,35-,36+,37+,38+,39-,42-/m1/s1. The van der Waals surface area contributed by atoms with Crippen LogP contribution < -0.4 is 9.64 Å². The molecule has 0 unspecified atom stereocenters. The number of halogens is 1. The van der Waals surface area contributed by atoms with Crippen LogP contribution in [0.2, 0.25) is 0 Å². The van der Waals surface area contributed by atoms with Crippen LogP contribution in [0.3, 0.4) is 0 Å². The number of nitrogens with zero attached hydrogens (tertiary/aromatic N) is 1. The molecular formula is C42H42FNO14.